The highest BCUT2D eigenvalue weighted by Gasteiger charge is 2.39. The number of hydrogen-bond acceptors (Lipinski definition) is 1. The number of rotatable bonds is 3. The predicted molar refractivity (Wildman–Crippen MR) is 92.7 cm³/mol. The van der Waals surface area contributed by atoms with E-state index in [0.717, 1.165) is 36.0 Å². The molecule has 0 N–H and O–H groups in total. The van der Waals surface area contributed by atoms with Gasteiger partial charge in [0.25, 0.3) is 0 Å². The highest BCUT2D eigenvalue weighted by atomic mass is 32.2. The average molecular weight is 344 g/mol. The van der Waals surface area contributed by atoms with Gasteiger partial charge >= 0.3 is 5.51 Å². The van der Waals surface area contributed by atoms with Crippen LogP contribution in [0.25, 0.3) is 0 Å². The van der Waals surface area contributed by atoms with Gasteiger partial charge in [-0.2, -0.15) is 13.2 Å². The molecule has 0 bridgehead atoms. The van der Waals surface area contributed by atoms with Gasteiger partial charge in [-0.05, 0) is 65.8 Å². The Kier molecular flexibility index (Phi) is 5.16. The number of benzene rings is 1. The molecule has 0 atom stereocenters. The molecule has 0 heterocycles. The summed E-state index contributed by atoms with van der Waals surface area (Å²) in [5, 5.41) is 0. The molecule has 1 saturated carbocycles. The molecule has 0 saturated heterocycles. The zero-order valence-corrected chi connectivity index (χ0v) is 15.5. The number of halogens is 3. The summed E-state index contributed by atoms with van der Waals surface area (Å²) in [7, 11) is 0. The van der Waals surface area contributed by atoms with Gasteiger partial charge in [0, 0.05) is 5.75 Å². The molecule has 0 nitrogen and oxygen atoms in total. The van der Waals surface area contributed by atoms with Crippen LogP contribution in [0.3, 0.4) is 0 Å². The summed E-state index contributed by atoms with van der Waals surface area (Å²) in [6.45, 7) is 11.1. The van der Waals surface area contributed by atoms with E-state index in [2.05, 4.69) is 33.8 Å². The van der Waals surface area contributed by atoms with E-state index < -0.39 is 5.51 Å². The molecule has 1 aliphatic carbocycles. The van der Waals surface area contributed by atoms with Crippen molar-refractivity contribution in [2.45, 2.75) is 71.1 Å². The second kappa shape index (κ2) is 6.34. The van der Waals surface area contributed by atoms with Gasteiger partial charge in [-0.15, -0.1) is 0 Å². The minimum atomic E-state index is -4.17. The van der Waals surface area contributed by atoms with Crippen LogP contribution in [0.4, 0.5) is 13.2 Å². The van der Waals surface area contributed by atoms with Crippen molar-refractivity contribution in [3.05, 3.63) is 34.9 Å². The average Bonchev–Trinajstić information content (AvgIpc) is 2.32. The molecule has 1 aromatic rings. The minimum Gasteiger partial charge on any atom is -0.160 e. The second-order valence-electron chi connectivity index (χ2n) is 8.55. The van der Waals surface area contributed by atoms with E-state index in [9.17, 15) is 13.2 Å². The topological polar surface area (TPSA) is 0 Å². The van der Waals surface area contributed by atoms with Crippen molar-refractivity contribution >= 4 is 11.8 Å². The van der Waals surface area contributed by atoms with Crippen LogP contribution in [-0.4, -0.2) is 5.51 Å². The van der Waals surface area contributed by atoms with E-state index in [0.29, 0.717) is 5.92 Å². The van der Waals surface area contributed by atoms with Gasteiger partial charge in [0.15, 0.2) is 0 Å². The first-order valence-corrected chi connectivity index (χ1v) is 9.16. The third-order valence-electron chi connectivity index (χ3n) is 4.69. The van der Waals surface area contributed by atoms with E-state index >= 15 is 0 Å². The van der Waals surface area contributed by atoms with E-state index in [4.69, 9.17) is 0 Å². The van der Waals surface area contributed by atoms with Crippen molar-refractivity contribution in [2.75, 3.05) is 0 Å². The number of aryl methyl sites for hydroxylation is 1. The van der Waals surface area contributed by atoms with Gasteiger partial charge in [0.2, 0.25) is 0 Å². The van der Waals surface area contributed by atoms with Gasteiger partial charge in [0.1, 0.15) is 0 Å². The molecule has 0 aromatic heterocycles. The minimum absolute atomic E-state index is 0.0104. The van der Waals surface area contributed by atoms with Crippen LogP contribution < -0.4 is 0 Å². The van der Waals surface area contributed by atoms with E-state index in [-0.39, 0.29) is 28.3 Å². The first-order valence-electron chi connectivity index (χ1n) is 8.17. The Hall–Kier alpha value is -0.640. The second-order valence-corrected chi connectivity index (χ2v) is 9.59. The van der Waals surface area contributed by atoms with Gasteiger partial charge in [-0.25, -0.2) is 0 Å². The summed E-state index contributed by atoms with van der Waals surface area (Å²) in [4.78, 5) is 0. The standard InChI is InChI=1S/C19H27F3S/c1-13-6-7-14(11-23-19(20,21)22)16(8-13)15-9-17(2,3)12-18(4,5)10-15/h6-8,15H,9-12H2,1-5H3. The number of hydrogen-bond donors (Lipinski definition) is 0. The maximum absolute atomic E-state index is 12.6. The largest absolute Gasteiger partial charge is 0.442 e. The Balaban J connectivity index is 2.31. The quantitative estimate of drug-likeness (QED) is 0.565. The zero-order chi connectivity index (χ0) is 17.5. The van der Waals surface area contributed by atoms with Crippen LogP contribution in [0.1, 0.15) is 69.6 Å². The Morgan fingerprint density at radius 3 is 2.17 bits per heavy atom. The van der Waals surface area contributed by atoms with Crippen molar-refractivity contribution in [1.29, 1.82) is 0 Å². The highest BCUT2D eigenvalue weighted by Crippen LogP contribution is 2.52. The molecule has 1 fully saturated rings. The molecule has 0 unspecified atom stereocenters. The Morgan fingerprint density at radius 1 is 1.09 bits per heavy atom. The third kappa shape index (κ3) is 5.44. The first-order chi connectivity index (χ1) is 10.4. The lowest BCUT2D eigenvalue weighted by molar-refractivity contribution is -0.0329. The number of alkyl halides is 3. The molecular formula is C19H27F3S. The van der Waals surface area contributed by atoms with Crippen LogP contribution >= 0.6 is 11.8 Å². The molecule has 130 valence electrons. The first kappa shape index (κ1) is 18.7. The number of thioether (sulfide) groups is 1. The fourth-order valence-corrected chi connectivity index (χ4v) is 5.03. The predicted octanol–water partition coefficient (Wildman–Crippen LogP) is 7.07. The van der Waals surface area contributed by atoms with Crippen molar-refractivity contribution in [1.82, 2.24) is 0 Å². The van der Waals surface area contributed by atoms with E-state index in [1.165, 1.54) is 0 Å². The summed E-state index contributed by atoms with van der Waals surface area (Å²) in [6, 6.07) is 5.92. The molecule has 4 heteroatoms. The monoisotopic (exact) mass is 344 g/mol. The van der Waals surface area contributed by atoms with E-state index in [1.54, 1.807) is 0 Å². The van der Waals surface area contributed by atoms with Crippen molar-refractivity contribution < 1.29 is 13.2 Å². The lowest BCUT2D eigenvalue weighted by Crippen LogP contribution is -2.33. The Bertz CT molecular complexity index is 542. The highest BCUT2D eigenvalue weighted by molar-refractivity contribution is 7.99. The van der Waals surface area contributed by atoms with Gasteiger partial charge in [-0.3, -0.25) is 0 Å². The molecule has 0 aliphatic heterocycles. The smallest absolute Gasteiger partial charge is 0.160 e. The summed E-state index contributed by atoms with van der Waals surface area (Å²) in [5.74, 6) is 0.355. The van der Waals surface area contributed by atoms with Crippen molar-refractivity contribution in [3.8, 4) is 0 Å². The maximum Gasteiger partial charge on any atom is 0.442 e. The van der Waals surface area contributed by atoms with Crippen LogP contribution in [0.15, 0.2) is 18.2 Å². The lowest BCUT2D eigenvalue weighted by Gasteiger charge is -2.45. The molecule has 0 radical (unpaired) electrons. The Labute approximate surface area is 142 Å². The van der Waals surface area contributed by atoms with Gasteiger partial charge < -0.3 is 0 Å². The van der Waals surface area contributed by atoms with Crippen molar-refractivity contribution in [3.63, 3.8) is 0 Å². The normalized spacial score (nSPS) is 21.4. The van der Waals surface area contributed by atoms with Gasteiger partial charge in [-0.1, -0.05) is 51.5 Å². The van der Waals surface area contributed by atoms with Crippen LogP contribution in [0, 0.1) is 17.8 Å². The Morgan fingerprint density at radius 2 is 1.65 bits per heavy atom. The van der Waals surface area contributed by atoms with Gasteiger partial charge in [0.05, 0.1) is 0 Å². The SMILES string of the molecule is Cc1ccc(CSC(F)(F)F)c(C2CC(C)(C)CC(C)(C)C2)c1. The molecular weight excluding hydrogens is 317 g/mol. The van der Waals surface area contributed by atoms with Crippen molar-refractivity contribution in [2.24, 2.45) is 10.8 Å². The maximum atomic E-state index is 12.6. The fourth-order valence-electron chi connectivity index (χ4n) is 4.45. The molecule has 0 spiro atoms. The fraction of sp³-hybridized carbons (Fsp3) is 0.684. The van der Waals surface area contributed by atoms with Crippen LogP contribution in [0.2, 0.25) is 0 Å². The molecule has 2 rings (SSSR count). The molecule has 1 aromatic carbocycles. The molecule has 1 aliphatic rings. The summed E-state index contributed by atoms with van der Waals surface area (Å²) >= 11 is 0.0705. The summed E-state index contributed by atoms with van der Waals surface area (Å²) < 4.78 is 37.8. The van der Waals surface area contributed by atoms with E-state index in [1.807, 2.05) is 19.1 Å². The molecule has 23 heavy (non-hydrogen) atoms. The van der Waals surface area contributed by atoms with Crippen LogP contribution in [-0.2, 0) is 5.75 Å². The molecule has 0 amide bonds. The third-order valence-corrected chi connectivity index (χ3v) is 5.47. The lowest BCUT2D eigenvalue weighted by atomic mass is 9.60. The van der Waals surface area contributed by atoms with Crippen LogP contribution in [0.5, 0.6) is 0 Å². The summed E-state index contributed by atoms with van der Waals surface area (Å²) in [6.07, 6.45) is 3.25. The summed E-state index contributed by atoms with van der Waals surface area (Å²) in [5.41, 5.74) is -0.622. The zero-order valence-electron chi connectivity index (χ0n) is 14.7.